The molecule has 1 N–H and O–H groups in total. The van der Waals surface area contributed by atoms with Gasteiger partial charge in [0.05, 0.1) is 6.10 Å². The molecule has 2 nitrogen and oxygen atoms in total. The van der Waals surface area contributed by atoms with Crippen LogP contribution in [-0.4, -0.2) is 19.2 Å². The predicted molar refractivity (Wildman–Crippen MR) is 61.7 cm³/mol. The van der Waals surface area contributed by atoms with Gasteiger partial charge in [0, 0.05) is 18.7 Å². The van der Waals surface area contributed by atoms with Gasteiger partial charge in [-0.25, -0.2) is 8.78 Å². The number of rotatable bonds is 3. The molecule has 0 bridgehead atoms. The van der Waals surface area contributed by atoms with Crippen LogP contribution < -0.4 is 5.32 Å². The van der Waals surface area contributed by atoms with Crippen LogP contribution in [-0.2, 0) is 4.74 Å². The highest BCUT2D eigenvalue weighted by Gasteiger charge is 2.23. The normalized spacial score (nSPS) is 24.9. The van der Waals surface area contributed by atoms with Crippen LogP contribution in [0.1, 0.15) is 31.4 Å². The van der Waals surface area contributed by atoms with Crippen molar-refractivity contribution >= 4 is 0 Å². The lowest BCUT2D eigenvalue weighted by Crippen LogP contribution is -2.35. The average molecular weight is 241 g/mol. The van der Waals surface area contributed by atoms with E-state index in [9.17, 15) is 8.78 Å². The molecule has 0 aliphatic carbocycles. The summed E-state index contributed by atoms with van der Waals surface area (Å²) in [6.07, 6.45) is 1.50. The number of ether oxygens (including phenoxy) is 1. The van der Waals surface area contributed by atoms with Gasteiger partial charge in [-0.15, -0.1) is 0 Å². The minimum atomic E-state index is -0.547. The lowest BCUT2D eigenvalue weighted by molar-refractivity contribution is 0.000268. The van der Waals surface area contributed by atoms with Gasteiger partial charge in [-0.2, -0.15) is 0 Å². The molecule has 1 aromatic carbocycles. The Bertz CT molecular complexity index is 361. The first-order chi connectivity index (χ1) is 8.19. The molecule has 0 amide bonds. The van der Waals surface area contributed by atoms with Gasteiger partial charge in [-0.1, -0.05) is 6.92 Å². The maximum absolute atomic E-state index is 13.1. The second-order valence-corrected chi connectivity index (χ2v) is 4.34. The molecule has 1 aliphatic rings. The lowest BCUT2D eigenvalue weighted by Gasteiger charge is -2.30. The van der Waals surface area contributed by atoms with Crippen LogP contribution in [0.25, 0.3) is 0 Å². The fraction of sp³-hybridized carbons (Fsp3) is 0.538. The first-order valence-electron chi connectivity index (χ1n) is 6.00. The van der Waals surface area contributed by atoms with E-state index in [4.69, 9.17) is 4.74 Å². The van der Waals surface area contributed by atoms with E-state index in [1.54, 1.807) is 0 Å². The van der Waals surface area contributed by atoms with Crippen LogP contribution in [0, 0.1) is 11.6 Å². The fourth-order valence-corrected chi connectivity index (χ4v) is 2.26. The predicted octanol–water partition coefficient (Wildman–Crippen LogP) is 2.79. The molecule has 1 aromatic rings. The molecule has 0 spiro atoms. The molecule has 0 radical (unpaired) electrons. The van der Waals surface area contributed by atoms with E-state index < -0.39 is 11.6 Å². The van der Waals surface area contributed by atoms with Crippen LogP contribution in [0.3, 0.4) is 0 Å². The molecular formula is C13H17F2NO. The highest BCUT2D eigenvalue weighted by atomic mass is 19.1. The van der Waals surface area contributed by atoms with Crippen molar-refractivity contribution in [1.29, 1.82) is 0 Å². The topological polar surface area (TPSA) is 21.3 Å². The summed E-state index contributed by atoms with van der Waals surface area (Å²) in [4.78, 5) is 0. The Balaban J connectivity index is 2.10. The molecule has 4 heteroatoms. The van der Waals surface area contributed by atoms with Gasteiger partial charge in [0.2, 0.25) is 0 Å². The van der Waals surface area contributed by atoms with Gasteiger partial charge in [0.1, 0.15) is 11.6 Å². The van der Waals surface area contributed by atoms with Gasteiger partial charge >= 0.3 is 0 Å². The van der Waals surface area contributed by atoms with Crippen molar-refractivity contribution in [1.82, 2.24) is 5.32 Å². The Morgan fingerprint density at radius 2 is 2.00 bits per heavy atom. The number of halogens is 2. The van der Waals surface area contributed by atoms with Crippen molar-refractivity contribution in [3.05, 3.63) is 35.4 Å². The quantitative estimate of drug-likeness (QED) is 0.878. The van der Waals surface area contributed by atoms with Crippen LogP contribution in [0.15, 0.2) is 18.2 Å². The molecule has 1 saturated heterocycles. The zero-order valence-electron chi connectivity index (χ0n) is 9.88. The standard InChI is InChI=1S/C13H17F2NO/c1-2-16-12-3-4-17-13(8-12)9-5-10(14)7-11(15)6-9/h5-7,12-13,16H,2-4,8H2,1H3. The Morgan fingerprint density at radius 1 is 1.29 bits per heavy atom. The van der Waals surface area contributed by atoms with Crippen molar-refractivity contribution in [2.45, 2.75) is 31.9 Å². The third-order valence-electron chi connectivity index (χ3n) is 3.03. The van der Waals surface area contributed by atoms with Crippen LogP contribution >= 0.6 is 0 Å². The van der Waals surface area contributed by atoms with Crippen LogP contribution in [0.4, 0.5) is 8.78 Å². The van der Waals surface area contributed by atoms with E-state index in [2.05, 4.69) is 5.32 Å². The maximum atomic E-state index is 13.1. The summed E-state index contributed by atoms with van der Waals surface area (Å²) >= 11 is 0. The third kappa shape index (κ3) is 3.23. The summed E-state index contributed by atoms with van der Waals surface area (Å²) in [5.74, 6) is -1.09. The smallest absolute Gasteiger partial charge is 0.126 e. The van der Waals surface area contributed by atoms with E-state index in [1.165, 1.54) is 12.1 Å². The van der Waals surface area contributed by atoms with Crippen molar-refractivity contribution in [2.24, 2.45) is 0 Å². The second kappa shape index (κ2) is 5.56. The minimum Gasteiger partial charge on any atom is -0.373 e. The zero-order valence-corrected chi connectivity index (χ0v) is 9.88. The van der Waals surface area contributed by atoms with Crippen molar-refractivity contribution in [2.75, 3.05) is 13.2 Å². The van der Waals surface area contributed by atoms with Crippen molar-refractivity contribution < 1.29 is 13.5 Å². The summed E-state index contributed by atoms with van der Waals surface area (Å²) in [6, 6.07) is 3.95. The second-order valence-electron chi connectivity index (χ2n) is 4.34. The minimum absolute atomic E-state index is 0.210. The molecule has 0 saturated carbocycles. The number of hydrogen-bond donors (Lipinski definition) is 1. The highest BCUT2D eigenvalue weighted by Crippen LogP contribution is 2.29. The zero-order chi connectivity index (χ0) is 12.3. The maximum Gasteiger partial charge on any atom is 0.126 e. The summed E-state index contributed by atoms with van der Waals surface area (Å²) in [5.41, 5.74) is 0.588. The van der Waals surface area contributed by atoms with Crippen molar-refractivity contribution in [3.8, 4) is 0 Å². The van der Waals surface area contributed by atoms with Gasteiger partial charge in [0.15, 0.2) is 0 Å². The summed E-state index contributed by atoms with van der Waals surface area (Å²) in [6.45, 7) is 3.57. The van der Waals surface area contributed by atoms with E-state index >= 15 is 0 Å². The summed E-state index contributed by atoms with van der Waals surface area (Å²) in [7, 11) is 0. The van der Waals surface area contributed by atoms with Crippen molar-refractivity contribution in [3.63, 3.8) is 0 Å². The molecule has 1 heterocycles. The highest BCUT2D eigenvalue weighted by molar-refractivity contribution is 5.21. The molecular weight excluding hydrogens is 224 g/mol. The molecule has 2 unspecified atom stereocenters. The molecule has 2 rings (SSSR count). The Labute approximate surface area is 100.0 Å². The average Bonchev–Trinajstić information content (AvgIpc) is 2.28. The number of hydrogen-bond acceptors (Lipinski definition) is 2. The monoisotopic (exact) mass is 241 g/mol. The molecule has 1 aliphatic heterocycles. The van der Waals surface area contributed by atoms with Crippen LogP contribution in [0.5, 0.6) is 0 Å². The molecule has 2 atom stereocenters. The van der Waals surface area contributed by atoms with E-state index in [-0.39, 0.29) is 6.10 Å². The SMILES string of the molecule is CCNC1CCOC(c2cc(F)cc(F)c2)C1. The van der Waals surface area contributed by atoms with Gasteiger partial charge < -0.3 is 10.1 Å². The summed E-state index contributed by atoms with van der Waals surface area (Å²) in [5, 5.41) is 3.35. The Hall–Kier alpha value is -1.00. The molecule has 0 aromatic heterocycles. The molecule has 1 fully saturated rings. The van der Waals surface area contributed by atoms with E-state index in [1.807, 2.05) is 6.92 Å². The Kier molecular flexibility index (Phi) is 4.07. The van der Waals surface area contributed by atoms with Gasteiger partial charge in [0.25, 0.3) is 0 Å². The first kappa shape index (κ1) is 12.5. The Morgan fingerprint density at radius 3 is 2.65 bits per heavy atom. The third-order valence-corrected chi connectivity index (χ3v) is 3.03. The lowest BCUT2D eigenvalue weighted by atomic mass is 9.97. The van der Waals surface area contributed by atoms with Gasteiger partial charge in [-0.3, -0.25) is 0 Å². The largest absolute Gasteiger partial charge is 0.373 e. The number of benzene rings is 1. The molecule has 17 heavy (non-hydrogen) atoms. The first-order valence-corrected chi connectivity index (χ1v) is 6.00. The molecule has 94 valence electrons. The van der Waals surface area contributed by atoms with E-state index in [0.717, 1.165) is 25.5 Å². The fourth-order valence-electron chi connectivity index (χ4n) is 2.26. The summed E-state index contributed by atoms with van der Waals surface area (Å²) < 4.78 is 31.8. The van der Waals surface area contributed by atoms with Crippen LogP contribution in [0.2, 0.25) is 0 Å². The van der Waals surface area contributed by atoms with E-state index in [0.29, 0.717) is 18.2 Å². The number of nitrogens with one attached hydrogen (secondary N) is 1. The van der Waals surface area contributed by atoms with Gasteiger partial charge in [-0.05, 0) is 37.1 Å².